The van der Waals surface area contributed by atoms with Gasteiger partial charge in [0.2, 0.25) is 0 Å². The predicted octanol–water partition coefficient (Wildman–Crippen LogP) is 4.69. The Morgan fingerprint density at radius 2 is 2.04 bits per heavy atom. The van der Waals surface area contributed by atoms with Crippen molar-refractivity contribution in [2.24, 2.45) is 5.16 Å². The Morgan fingerprint density at radius 3 is 2.88 bits per heavy atom. The molecule has 0 spiro atoms. The zero-order valence-electron chi connectivity index (χ0n) is 14.3. The van der Waals surface area contributed by atoms with Gasteiger partial charge < -0.3 is 9.40 Å². The van der Waals surface area contributed by atoms with E-state index in [4.69, 9.17) is 4.84 Å². The quantitative estimate of drug-likeness (QED) is 0.501. The fourth-order valence-corrected chi connectivity index (χ4v) is 3.85. The minimum Gasteiger partial charge on any atom is -0.399 e. The van der Waals surface area contributed by atoms with Crippen LogP contribution in [0.2, 0.25) is 0 Å². The molecular formula is C21H21FN2O. The Morgan fingerprint density at radius 1 is 1.16 bits per heavy atom. The standard InChI is InChI=1S/C21H21FN2O/c1-25-23-13-15-9-10-21-19(12-15)18-7-2-3-8-20(18)24(21)14-16-5-4-6-17(22)11-16/h4-6,9-13H,2-3,7-8,14H2,1H3/b23-13+. The summed E-state index contributed by atoms with van der Waals surface area (Å²) >= 11 is 0. The zero-order chi connectivity index (χ0) is 17.2. The first-order valence-electron chi connectivity index (χ1n) is 8.71. The molecule has 0 unspecified atom stereocenters. The summed E-state index contributed by atoms with van der Waals surface area (Å²) in [4.78, 5) is 4.79. The summed E-state index contributed by atoms with van der Waals surface area (Å²) in [5, 5.41) is 5.16. The molecule has 0 saturated heterocycles. The SMILES string of the molecule is CO/N=C/c1ccc2c(c1)c1c(n2Cc2cccc(F)c2)CCCC1. The van der Waals surface area contributed by atoms with Crippen LogP contribution in [0.5, 0.6) is 0 Å². The summed E-state index contributed by atoms with van der Waals surface area (Å²) in [5.41, 5.74) is 6.07. The first kappa shape index (κ1) is 15.9. The molecule has 1 aromatic heterocycles. The number of benzene rings is 2. The Bertz CT molecular complexity index is 942. The fraction of sp³-hybridized carbons (Fsp3) is 0.286. The molecule has 1 aliphatic carbocycles. The monoisotopic (exact) mass is 336 g/mol. The highest BCUT2D eigenvalue weighted by Gasteiger charge is 2.20. The molecule has 4 heteroatoms. The fourth-order valence-electron chi connectivity index (χ4n) is 3.85. The van der Waals surface area contributed by atoms with Gasteiger partial charge in [0.05, 0.1) is 6.21 Å². The average Bonchev–Trinajstić information content (AvgIpc) is 2.94. The number of hydrogen-bond donors (Lipinski definition) is 0. The van der Waals surface area contributed by atoms with E-state index in [2.05, 4.69) is 27.9 Å². The van der Waals surface area contributed by atoms with Gasteiger partial charge in [-0.2, -0.15) is 0 Å². The molecule has 0 atom stereocenters. The van der Waals surface area contributed by atoms with Gasteiger partial charge in [-0.25, -0.2) is 4.39 Å². The van der Waals surface area contributed by atoms with E-state index in [0.717, 1.165) is 24.0 Å². The number of oxime groups is 1. The van der Waals surface area contributed by atoms with Crippen molar-refractivity contribution in [2.45, 2.75) is 32.2 Å². The lowest BCUT2D eigenvalue weighted by Crippen LogP contribution is -2.09. The van der Waals surface area contributed by atoms with Gasteiger partial charge in [-0.3, -0.25) is 0 Å². The molecule has 1 aliphatic rings. The minimum absolute atomic E-state index is 0.180. The van der Waals surface area contributed by atoms with E-state index in [0.29, 0.717) is 6.54 Å². The Kier molecular flexibility index (Phi) is 4.26. The molecule has 0 bridgehead atoms. The normalized spacial score (nSPS) is 14.2. The third-order valence-electron chi connectivity index (χ3n) is 4.94. The first-order chi connectivity index (χ1) is 12.3. The summed E-state index contributed by atoms with van der Waals surface area (Å²) < 4.78 is 15.9. The second-order valence-electron chi connectivity index (χ2n) is 6.54. The van der Waals surface area contributed by atoms with Crippen molar-refractivity contribution in [1.29, 1.82) is 0 Å². The van der Waals surface area contributed by atoms with Crippen LogP contribution >= 0.6 is 0 Å². The molecular weight excluding hydrogens is 315 g/mol. The number of rotatable bonds is 4. The maximum atomic E-state index is 13.6. The third-order valence-corrected chi connectivity index (χ3v) is 4.94. The molecule has 3 aromatic rings. The smallest absolute Gasteiger partial charge is 0.123 e. The summed E-state index contributed by atoms with van der Waals surface area (Å²) in [7, 11) is 1.55. The van der Waals surface area contributed by atoms with Gasteiger partial charge in [0, 0.05) is 23.1 Å². The summed E-state index contributed by atoms with van der Waals surface area (Å²) in [6, 6.07) is 13.3. The van der Waals surface area contributed by atoms with E-state index in [1.165, 1.54) is 41.1 Å². The number of fused-ring (bicyclic) bond motifs is 3. The lowest BCUT2D eigenvalue weighted by atomic mass is 9.95. The van der Waals surface area contributed by atoms with Gasteiger partial charge in [-0.05, 0) is 66.6 Å². The minimum atomic E-state index is -0.180. The lowest BCUT2D eigenvalue weighted by Gasteiger charge is -2.16. The van der Waals surface area contributed by atoms with Crippen molar-refractivity contribution in [2.75, 3.05) is 7.11 Å². The maximum absolute atomic E-state index is 13.6. The van der Waals surface area contributed by atoms with E-state index in [1.54, 1.807) is 25.5 Å². The van der Waals surface area contributed by atoms with Crippen LogP contribution in [0.15, 0.2) is 47.6 Å². The van der Waals surface area contributed by atoms with E-state index >= 15 is 0 Å². The Balaban J connectivity index is 1.84. The highest BCUT2D eigenvalue weighted by molar-refractivity contribution is 5.92. The van der Waals surface area contributed by atoms with Crippen molar-refractivity contribution in [3.05, 3.63) is 70.7 Å². The van der Waals surface area contributed by atoms with E-state index < -0.39 is 0 Å². The number of aromatic nitrogens is 1. The van der Waals surface area contributed by atoms with E-state index in [1.807, 2.05) is 6.07 Å². The van der Waals surface area contributed by atoms with Crippen LogP contribution in [0, 0.1) is 5.82 Å². The van der Waals surface area contributed by atoms with Gasteiger partial charge in [-0.15, -0.1) is 0 Å². The van der Waals surface area contributed by atoms with Crippen molar-refractivity contribution in [3.63, 3.8) is 0 Å². The maximum Gasteiger partial charge on any atom is 0.123 e. The van der Waals surface area contributed by atoms with E-state index in [9.17, 15) is 4.39 Å². The molecule has 25 heavy (non-hydrogen) atoms. The van der Waals surface area contributed by atoms with Gasteiger partial charge in [0.15, 0.2) is 0 Å². The molecule has 3 nitrogen and oxygen atoms in total. The summed E-state index contributed by atoms with van der Waals surface area (Å²) in [6.07, 6.45) is 6.36. The van der Waals surface area contributed by atoms with Crippen LogP contribution < -0.4 is 0 Å². The highest BCUT2D eigenvalue weighted by atomic mass is 19.1. The van der Waals surface area contributed by atoms with Crippen LogP contribution in [0.4, 0.5) is 4.39 Å². The van der Waals surface area contributed by atoms with Crippen LogP contribution in [0.3, 0.4) is 0 Å². The predicted molar refractivity (Wildman–Crippen MR) is 98.7 cm³/mol. The first-order valence-corrected chi connectivity index (χ1v) is 8.71. The summed E-state index contributed by atoms with van der Waals surface area (Å²) in [5.74, 6) is -0.180. The highest BCUT2D eigenvalue weighted by Crippen LogP contribution is 2.33. The number of aryl methyl sites for hydroxylation is 1. The zero-order valence-corrected chi connectivity index (χ0v) is 14.3. The van der Waals surface area contributed by atoms with Gasteiger partial charge in [-0.1, -0.05) is 23.4 Å². The Hall–Kier alpha value is -2.62. The molecule has 0 saturated carbocycles. The summed E-state index contributed by atoms with van der Waals surface area (Å²) in [6.45, 7) is 0.703. The van der Waals surface area contributed by atoms with Crippen molar-refractivity contribution >= 4 is 17.1 Å². The van der Waals surface area contributed by atoms with Gasteiger partial charge >= 0.3 is 0 Å². The van der Waals surface area contributed by atoms with Crippen LogP contribution in [0.25, 0.3) is 10.9 Å². The van der Waals surface area contributed by atoms with Gasteiger partial charge in [0.1, 0.15) is 12.9 Å². The third kappa shape index (κ3) is 3.04. The Labute approximate surface area is 146 Å². The van der Waals surface area contributed by atoms with Crippen LogP contribution in [-0.2, 0) is 24.2 Å². The van der Waals surface area contributed by atoms with Crippen molar-refractivity contribution < 1.29 is 9.23 Å². The topological polar surface area (TPSA) is 26.5 Å². The molecule has 1 heterocycles. The molecule has 0 fully saturated rings. The molecule has 128 valence electrons. The molecule has 4 rings (SSSR count). The molecule has 0 N–H and O–H groups in total. The van der Waals surface area contributed by atoms with E-state index in [-0.39, 0.29) is 5.82 Å². The molecule has 0 radical (unpaired) electrons. The van der Waals surface area contributed by atoms with Gasteiger partial charge in [0.25, 0.3) is 0 Å². The van der Waals surface area contributed by atoms with Crippen molar-refractivity contribution in [1.82, 2.24) is 4.57 Å². The van der Waals surface area contributed by atoms with Crippen molar-refractivity contribution in [3.8, 4) is 0 Å². The number of nitrogens with zero attached hydrogens (tertiary/aromatic N) is 2. The molecule has 2 aromatic carbocycles. The average molecular weight is 336 g/mol. The van der Waals surface area contributed by atoms with Crippen LogP contribution in [-0.4, -0.2) is 17.9 Å². The number of halogens is 1. The lowest BCUT2D eigenvalue weighted by molar-refractivity contribution is 0.215. The second kappa shape index (κ2) is 6.71. The largest absolute Gasteiger partial charge is 0.399 e. The van der Waals surface area contributed by atoms with Crippen LogP contribution in [0.1, 0.15) is 35.2 Å². The molecule has 0 amide bonds. The second-order valence-corrected chi connectivity index (χ2v) is 6.54. The number of hydrogen-bond acceptors (Lipinski definition) is 2. The molecule has 0 aliphatic heterocycles.